The number of rotatable bonds is 8. The lowest BCUT2D eigenvalue weighted by molar-refractivity contribution is 0.0526. The minimum atomic E-state index is -0.322. The highest BCUT2D eigenvalue weighted by atomic mass is 35.5. The van der Waals surface area contributed by atoms with Gasteiger partial charge >= 0.3 is 5.97 Å². The minimum Gasteiger partial charge on any atom is -0.487 e. The third-order valence-electron chi connectivity index (χ3n) is 7.67. The first-order valence-electron chi connectivity index (χ1n) is 14.2. The Morgan fingerprint density at radius 3 is 2.46 bits per heavy atom. The monoisotopic (exact) mass is 565 g/mol. The quantitative estimate of drug-likeness (QED) is 0.176. The van der Waals surface area contributed by atoms with Crippen LogP contribution in [0.15, 0.2) is 85.1 Å². The molecule has 1 saturated carbocycles. The Bertz CT molecular complexity index is 1660. The molecule has 2 aromatic heterocycles. The molecule has 0 saturated heterocycles. The topological polar surface area (TPSA) is 66.2 Å². The molecule has 6 nitrogen and oxygen atoms in total. The van der Waals surface area contributed by atoms with E-state index >= 15 is 0 Å². The maximum atomic E-state index is 12.4. The fraction of sp³-hybridized carbons (Fsp3) is 0.265. The third kappa shape index (κ3) is 5.84. The van der Waals surface area contributed by atoms with E-state index in [0.29, 0.717) is 29.8 Å². The number of nitrogens with zero attached hydrogens (tertiary/aromatic N) is 3. The fourth-order valence-corrected chi connectivity index (χ4v) is 5.78. The van der Waals surface area contributed by atoms with E-state index in [1.54, 1.807) is 6.20 Å². The first-order chi connectivity index (χ1) is 20.1. The molecule has 1 fully saturated rings. The Kier molecular flexibility index (Phi) is 8.01. The standard InChI is InChI=1S/C34H32ClN3O3/c1-2-40-34(39)25-14-19-32-30(21-25)37-33(38(32)27-7-4-3-5-8-27)24-12-17-28(18-13-24)41-22-31-29(9-6-20-36-31)23-10-15-26(35)16-11-23/h6,9-21,27H,2-5,7-8,22H2,1H3. The molecule has 0 radical (unpaired) electrons. The number of imidazole rings is 1. The zero-order valence-corrected chi connectivity index (χ0v) is 23.8. The van der Waals surface area contributed by atoms with Crippen molar-refractivity contribution in [2.24, 2.45) is 0 Å². The molecule has 0 bridgehead atoms. The van der Waals surface area contributed by atoms with Crippen LogP contribution in [0, 0.1) is 0 Å². The number of fused-ring (bicyclic) bond motifs is 1. The number of esters is 1. The summed E-state index contributed by atoms with van der Waals surface area (Å²) in [6.45, 7) is 2.50. The van der Waals surface area contributed by atoms with Crippen molar-refractivity contribution >= 4 is 28.6 Å². The van der Waals surface area contributed by atoms with Gasteiger partial charge in [-0.3, -0.25) is 4.98 Å². The summed E-state index contributed by atoms with van der Waals surface area (Å²) in [6, 6.07) is 25.9. The second kappa shape index (κ2) is 12.1. The molecule has 0 amide bonds. The zero-order valence-electron chi connectivity index (χ0n) is 23.1. The van der Waals surface area contributed by atoms with Crippen LogP contribution in [0.3, 0.4) is 0 Å². The predicted octanol–water partition coefficient (Wildman–Crippen LogP) is 8.68. The van der Waals surface area contributed by atoms with Gasteiger partial charge in [-0.15, -0.1) is 0 Å². The number of pyridine rings is 1. The molecule has 6 rings (SSSR count). The van der Waals surface area contributed by atoms with E-state index in [9.17, 15) is 4.79 Å². The van der Waals surface area contributed by atoms with Crippen molar-refractivity contribution in [2.45, 2.75) is 51.7 Å². The number of hydrogen-bond acceptors (Lipinski definition) is 5. The van der Waals surface area contributed by atoms with Crippen LogP contribution in [0.4, 0.5) is 0 Å². The first-order valence-corrected chi connectivity index (χ1v) is 14.6. The summed E-state index contributed by atoms with van der Waals surface area (Å²) in [5, 5.41) is 0.701. The van der Waals surface area contributed by atoms with Crippen LogP contribution < -0.4 is 4.74 Å². The van der Waals surface area contributed by atoms with Crippen molar-refractivity contribution < 1.29 is 14.3 Å². The van der Waals surface area contributed by atoms with E-state index in [2.05, 4.69) is 21.7 Å². The van der Waals surface area contributed by atoms with Gasteiger partial charge in [0.15, 0.2) is 0 Å². The number of ether oxygens (including phenoxy) is 2. The van der Waals surface area contributed by atoms with Gasteiger partial charge in [0.1, 0.15) is 18.2 Å². The van der Waals surface area contributed by atoms with E-state index in [-0.39, 0.29) is 5.97 Å². The molecule has 0 aliphatic heterocycles. The van der Waals surface area contributed by atoms with Crippen LogP contribution in [0.5, 0.6) is 5.75 Å². The molecular weight excluding hydrogens is 534 g/mol. The Labute approximate surface area is 244 Å². The SMILES string of the molecule is CCOC(=O)c1ccc2c(c1)nc(-c1ccc(OCc3ncccc3-c3ccc(Cl)cc3)cc1)n2C1CCCCC1. The molecule has 1 aliphatic rings. The lowest BCUT2D eigenvalue weighted by atomic mass is 9.95. The highest BCUT2D eigenvalue weighted by Crippen LogP contribution is 2.37. The maximum absolute atomic E-state index is 12.4. The van der Waals surface area contributed by atoms with Crippen molar-refractivity contribution in [3.05, 3.63) is 101 Å². The van der Waals surface area contributed by atoms with Gasteiger partial charge in [-0.2, -0.15) is 0 Å². The van der Waals surface area contributed by atoms with E-state index in [1.165, 1.54) is 19.3 Å². The number of halogens is 1. The summed E-state index contributed by atoms with van der Waals surface area (Å²) < 4.78 is 13.8. The second-order valence-electron chi connectivity index (χ2n) is 10.3. The Hall–Kier alpha value is -4.16. The van der Waals surface area contributed by atoms with Crippen LogP contribution >= 0.6 is 11.6 Å². The lowest BCUT2D eigenvalue weighted by Crippen LogP contribution is -2.14. The van der Waals surface area contributed by atoms with Crippen LogP contribution in [0.2, 0.25) is 5.02 Å². The van der Waals surface area contributed by atoms with Crippen LogP contribution in [-0.4, -0.2) is 27.1 Å². The van der Waals surface area contributed by atoms with Gasteiger partial charge in [0.2, 0.25) is 0 Å². The largest absolute Gasteiger partial charge is 0.487 e. The summed E-state index contributed by atoms with van der Waals surface area (Å²) in [6.07, 6.45) is 7.72. The highest BCUT2D eigenvalue weighted by molar-refractivity contribution is 6.30. The van der Waals surface area contributed by atoms with Gasteiger partial charge in [-0.1, -0.05) is 49.1 Å². The van der Waals surface area contributed by atoms with E-state index in [1.807, 2.05) is 73.7 Å². The van der Waals surface area contributed by atoms with Gasteiger partial charge in [-0.25, -0.2) is 9.78 Å². The number of aromatic nitrogens is 3. The molecule has 7 heteroatoms. The van der Waals surface area contributed by atoms with Gasteiger partial charge in [-0.05, 0) is 86.0 Å². The molecule has 0 N–H and O–H groups in total. The maximum Gasteiger partial charge on any atom is 0.338 e. The molecule has 0 unspecified atom stereocenters. The zero-order chi connectivity index (χ0) is 28.2. The number of carbonyl (C=O) groups excluding carboxylic acids is 1. The predicted molar refractivity (Wildman–Crippen MR) is 162 cm³/mol. The molecule has 41 heavy (non-hydrogen) atoms. The van der Waals surface area contributed by atoms with Crippen molar-refractivity contribution in [3.63, 3.8) is 0 Å². The Balaban J connectivity index is 1.27. The first kappa shape index (κ1) is 27.0. The van der Waals surface area contributed by atoms with Gasteiger partial charge < -0.3 is 14.0 Å². The van der Waals surface area contributed by atoms with Crippen molar-refractivity contribution in [3.8, 4) is 28.3 Å². The Morgan fingerprint density at radius 2 is 1.71 bits per heavy atom. The number of carbonyl (C=O) groups is 1. The molecule has 0 atom stereocenters. The number of hydrogen-bond donors (Lipinski definition) is 0. The minimum absolute atomic E-state index is 0.322. The van der Waals surface area contributed by atoms with Crippen LogP contribution in [0.1, 0.15) is 61.1 Å². The summed E-state index contributed by atoms with van der Waals surface area (Å²) in [5.74, 6) is 1.34. The Morgan fingerprint density at radius 1 is 0.951 bits per heavy atom. The molecule has 2 heterocycles. The normalized spacial score (nSPS) is 13.8. The smallest absolute Gasteiger partial charge is 0.338 e. The van der Waals surface area contributed by atoms with Gasteiger partial charge in [0.05, 0.1) is 28.9 Å². The molecule has 3 aromatic carbocycles. The highest BCUT2D eigenvalue weighted by Gasteiger charge is 2.23. The molecule has 5 aromatic rings. The summed E-state index contributed by atoms with van der Waals surface area (Å²) in [5.41, 5.74) is 6.31. The average Bonchev–Trinajstić information content (AvgIpc) is 3.40. The third-order valence-corrected chi connectivity index (χ3v) is 7.93. The summed E-state index contributed by atoms with van der Waals surface area (Å²) in [7, 11) is 0. The summed E-state index contributed by atoms with van der Waals surface area (Å²) in [4.78, 5) is 22.0. The molecule has 1 aliphatic carbocycles. The van der Waals surface area contributed by atoms with Crippen molar-refractivity contribution in [1.29, 1.82) is 0 Å². The van der Waals surface area contributed by atoms with Gasteiger partial charge in [0, 0.05) is 28.4 Å². The van der Waals surface area contributed by atoms with E-state index in [4.69, 9.17) is 26.1 Å². The molecule has 0 spiro atoms. The van der Waals surface area contributed by atoms with E-state index in [0.717, 1.165) is 57.8 Å². The molecule has 208 valence electrons. The second-order valence-corrected chi connectivity index (χ2v) is 10.8. The fourth-order valence-electron chi connectivity index (χ4n) is 5.65. The van der Waals surface area contributed by atoms with Crippen molar-refractivity contribution in [2.75, 3.05) is 6.61 Å². The van der Waals surface area contributed by atoms with Crippen LogP contribution in [0.25, 0.3) is 33.5 Å². The van der Waals surface area contributed by atoms with Crippen molar-refractivity contribution in [1.82, 2.24) is 14.5 Å². The lowest BCUT2D eigenvalue weighted by Gasteiger charge is -2.25. The van der Waals surface area contributed by atoms with Gasteiger partial charge in [0.25, 0.3) is 0 Å². The van der Waals surface area contributed by atoms with E-state index < -0.39 is 0 Å². The number of benzene rings is 3. The summed E-state index contributed by atoms with van der Waals surface area (Å²) >= 11 is 6.08. The molecular formula is C34H32ClN3O3. The van der Waals surface area contributed by atoms with Crippen LogP contribution in [-0.2, 0) is 11.3 Å². The average molecular weight is 566 g/mol.